The van der Waals surface area contributed by atoms with Gasteiger partial charge in [0, 0.05) is 10.7 Å². The lowest BCUT2D eigenvalue weighted by Gasteiger charge is -2.40. The molecule has 0 bridgehead atoms. The summed E-state index contributed by atoms with van der Waals surface area (Å²) in [5.74, 6) is -1.26. The summed E-state index contributed by atoms with van der Waals surface area (Å²) in [6.45, 7) is -0.190. The fraction of sp³-hybridized carbons (Fsp3) is 0.571. The number of aliphatic hydroxyl groups excluding tert-OH is 1. The maximum absolute atomic E-state index is 12.7. The maximum atomic E-state index is 12.7. The molecule has 1 saturated carbocycles. The van der Waals surface area contributed by atoms with E-state index in [0.717, 1.165) is 5.69 Å². The van der Waals surface area contributed by atoms with Gasteiger partial charge in [-0.05, 0) is 43.9 Å². The lowest BCUT2D eigenvalue weighted by Crippen LogP contribution is -2.47. The van der Waals surface area contributed by atoms with Crippen molar-refractivity contribution in [3.8, 4) is 0 Å². The van der Waals surface area contributed by atoms with E-state index < -0.39 is 17.6 Å². The lowest BCUT2D eigenvalue weighted by atomic mass is 9.76. The molecular formula is C14H17ClF3NO. The van der Waals surface area contributed by atoms with Crippen LogP contribution in [0.5, 0.6) is 0 Å². The molecule has 0 aromatic heterocycles. The van der Waals surface area contributed by atoms with E-state index in [2.05, 4.69) is 5.32 Å². The summed E-state index contributed by atoms with van der Waals surface area (Å²) in [7, 11) is 0. The highest BCUT2D eigenvalue weighted by molar-refractivity contribution is 6.30. The van der Waals surface area contributed by atoms with Crippen molar-refractivity contribution >= 4 is 17.3 Å². The Bertz CT molecular complexity index is 456. The first-order chi connectivity index (χ1) is 9.35. The van der Waals surface area contributed by atoms with Crippen LogP contribution in [0.3, 0.4) is 0 Å². The Kier molecular flexibility index (Phi) is 4.49. The van der Waals surface area contributed by atoms with E-state index in [0.29, 0.717) is 17.9 Å². The highest BCUT2D eigenvalue weighted by atomic mass is 35.5. The van der Waals surface area contributed by atoms with Crippen LogP contribution in [0.15, 0.2) is 24.3 Å². The molecule has 0 heterocycles. The lowest BCUT2D eigenvalue weighted by molar-refractivity contribution is -0.184. The number of anilines is 1. The van der Waals surface area contributed by atoms with E-state index in [4.69, 9.17) is 11.6 Å². The average molecular weight is 308 g/mol. The van der Waals surface area contributed by atoms with Crippen LogP contribution in [-0.2, 0) is 0 Å². The van der Waals surface area contributed by atoms with Gasteiger partial charge in [0.05, 0.1) is 18.1 Å². The Morgan fingerprint density at radius 1 is 1.30 bits per heavy atom. The number of hydrogen-bond acceptors (Lipinski definition) is 2. The normalized spacial score (nSPS) is 27.4. The molecule has 20 heavy (non-hydrogen) atoms. The van der Waals surface area contributed by atoms with E-state index in [-0.39, 0.29) is 19.4 Å². The predicted molar refractivity (Wildman–Crippen MR) is 72.9 cm³/mol. The standard InChI is InChI=1S/C14H17ClF3NO/c15-11-2-1-3-12(8-11)19-13(9-20)6-4-10(5-7-13)14(16,17)18/h1-3,8,10,19-20H,4-7,9H2. The third-order valence-corrected chi connectivity index (χ3v) is 4.18. The molecule has 1 aliphatic carbocycles. The monoisotopic (exact) mass is 307 g/mol. The molecular weight excluding hydrogens is 291 g/mol. The molecule has 0 unspecified atom stereocenters. The first kappa shape index (κ1) is 15.4. The van der Waals surface area contributed by atoms with E-state index in [1.54, 1.807) is 24.3 Å². The van der Waals surface area contributed by atoms with Gasteiger partial charge in [-0.1, -0.05) is 17.7 Å². The van der Waals surface area contributed by atoms with Gasteiger partial charge in [0.15, 0.2) is 0 Å². The molecule has 1 aliphatic rings. The Hall–Kier alpha value is -0.940. The first-order valence-electron chi connectivity index (χ1n) is 6.56. The molecule has 0 atom stereocenters. The smallest absolute Gasteiger partial charge is 0.391 e. The van der Waals surface area contributed by atoms with Gasteiger partial charge in [-0.15, -0.1) is 0 Å². The Balaban J connectivity index is 2.05. The third kappa shape index (κ3) is 3.58. The van der Waals surface area contributed by atoms with Crippen molar-refractivity contribution in [2.75, 3.05) is 11.9 Å². The largest absolute Gasteiger partial charge is 0.394 e. The summed E-state index contributed by atoms with van der Waals surface area (Å²) in [5, 5.41) is 13.3. The number of rotatable bonds is 3. The van der Waals surface area contributed by atoms with Gasteiger partial charge in [0.25, 0.3) is 0 Å². The molecule has 0 spiro atoms. The summed E-state index contributed by atoms with van der Waals surface area (Å²) in [5.41, 5.74) is 0.0314. The Morgan fingerprint density at radius 2 is 1.95 bits per heavy atom. The molecule has 2 nitrogen and oxygen atoms in total. The third-order valence-electron chi connectivity index (χ3n) is 3.94. The fourth-order valence-electron chi connectivity index (χ4n) is 2.69. The molecule has 112 valence electrons. The van der Waals surface area contributed by atoms with Crippen LogP contribution in [0.4, 0.5) is 18.9 Å². The van der Waals surface area contributed by atoms with Crippen molar-refractivity contribution in [1.29, 1.82) is 0 Å². The van der Waals surface area contributed by atoms with Crippen LogP contribution in [0.2, 0.25) is 5.02 Å². The van der Waals surface area contributed by atoms with Crippen LogP contribution in [-0.4, -0.2) is 23.4 Å². The van der Waals surface area contributed by atoms with Crippen molar-refractivity contribution in [3.05, 3.63) is 29.3 Å². The molecule has 1 aromatic carbocycles. The van der Waals surface area contributed by atoms with Crippen molar-refractivity contribution < 1.29 is 18.3 Å². The summed E-state index contributed by atoms with van der Waals surface area (Å²) in [6, 6.07) is 6.98. The predicted octanol–water partition coefficient (Wildman–Crippen LogP) is 4.24. The van der Waals surface area contributed by atoms with Crippen molar-refractivity contribution in [2.24, 2.45) is 5.92 Å². The van der Waals surface area contributed by atoms with Crippen molar-refractivity contribution in [3.63, 3.8) is 0 Å². The van der Waals surface area contributed by atoms with E-state index in [9.17, 15) is 18.3 Å². The number of nitrogens with one attached hydrogen (secondary N) is 1. The Labute approximate surface area is 120 Å². The van der Waals surface area contributed by atoms with Gasteiger partial charge in [0.2, 0.25) is 0 Å². The molecule has 6 heteroatoms. The number of aliphatic hydroxyl groups is 1. The first-order valence-corrected chi connectivity index (χ1v) is 6.94. The number of benzene rings is 1. The van der Waals surface area contributed by atoms with Crippen molar-refractivity contribution in [1.82, 2.24) is 0 Å². The highest BCUT2D eigenvalue weighted by Gasteiger charge is 2.45. The second-order valence-corrected chi connectivity index (χ2v) is 5.83. The molecule has 0 amide bonds. The van der Waals surface area contributed by atoms with E-state index >= 15 is 0 Å². The minimum Gasteiger partial charge on any atom is -0.394 e. The zero-order valence-electron chi connectivity index (χ0n) is 10.9. The summed E-state index contributed by atoms with van der Waals surface area (Å²) in [4.78, 5) is 0. The molecule has 0 saturated heterocycles. The maximum Gasteiger partial charge on any atom is 0.391 e. The van der Waals surface area contributed by atoms with Gasteiger partial charge in [0.1, 0.15) is 0 Å². The van der Waals surface area contributed by atoms with Crippen molar-refractivity contribution in [2.45, 2.75) is 37.4 Å². The topological polar surface area (TPSA) is 32.3 Å². The van der Waals surface area contributed by atoms with E-state index in [1.165, 1.54) is 0 Å². The zero-order chi connectivity index (χ0) is 14.8. The van der Waals surface area contributed by atoms with Crippen LogP contribution in [0.25, 0.3) is 0 Å². The fourth-order valence-corrected chi connectivity index (χ4v) is 2.88. The SMILES string of the molecule is OCC1(Nc2cccc(Cl)c2)CCC(C(F)(F)F)CC1. The average Bonchev–Trinajstić information content (AvgIpc) is 2.38. The number of hydrogen-bond donors (Lipinski definition) is 2. The minimum atomic E-state index is -4.14. The molecule has 2 rings (SSSR count). The molecule has 2 N–H and O–H groups in total. The molecule has 1 fully saturated rings. The summed E-state index contributed by atoms with van der Waals surface area (Å²) in [6.07, 6.45) is -3.48. The number of halogens is 4. The second-order valence-electron chi connectivity index (χ2n) is 5.39. The molecule has 0 aliphatic heterocycles. The van der Waals surface area contributed by atoms with Gasteiger partial charge in [-0.25, -0.2) is 0 Å². The van der Waals surface area contributed by atoms with Gasteiger partial charge < -0.3 is 10.4 Å². The van der Waals surface area contributed by atoms with Gasteiger partial charge in [-0.2, -0.15) is 13.2 Å². The second kappa shape index (κ2) is 5.82. The highest BCUT2D eigenvalue weighted by Crippen LogP contribution is 2.42. The van der Waals surface area contributed by atoms with Crippen LogP contribution >= 0.6 is 11.6 Å². The summed E-state index contributed by atoms with van der Waals surface area (Å²) >= 11 is 5.88. The summed E-state index contributed by atoms with van der Waals surface area (Å²) < 4.78 is 38.0. The van der Waals surface area contributed by atoms with Gasteiger partial charge >= 0.3 is 6.18 Å². The van der Waals surface area contributed by atoms with Crippen LogP contribution in [0, 0.1) is 5.92 Å². The van der Waals surface area contributed by atoms with E-state index in [1.807, 2.05) is 0 Å². The quantitative estimate of drug-likeness (QED) is 0.875. The van der Waals surface area contributed by atoms with Gasteiger partial charge in [-0.3, -0.25) is 0 Å². The Morgan fingerprint density at radius 3 is 2.45 bits per heavy atom. The zero-order valence-corrected chi connectivity index (χ0v) is 11.6. The molecule has 0 radical (unpaired) electrons. The molecule has 1 aromatic rings. The van der Waals surface area contributed by atoms with Crippen LogP contribution < -0.4 is 5.32 Å². The number of alkyl halides is 3. The minimum absolute atomic E-state index is 0.0393. The van der Waals surface area contributed by atoms with Crippen LogP contribution in [0.1, 0.15) is 25.7 Å².